The van der Waals surface area contributed by atoms with Crippen molar-refractivity contribution >= 4 is 23.6 Å². The summed E-state index contributed by atoms with van der Waals surface area (Å²) in [5, 5.41) is 7.95. The second-order valence-electron chi connectivity index (χ2n) is 7.96. The number of carbonyl (C=O) groups is 4. The quantitative estimate of drug-likeness (QED) is 0.706. The topological polar surface area (TPSA) is 112 Å². The van der Waals surface area contributed by atoms with Gasteiger partial charge in [-0.15, -0.1) is 0 Å². The predicted octanol–water partition coefficient (Wildman–Crippen LogP) is 1.22. The van der Waals surface area contributed by atoms with Gasteiger partial charge in [-0.1, -0.05) is 24.3 Å². The predicted molar refractivity (Wildman–Crippen MR) is 117 cm³/mol. The van der Waals surface area contributed by atoms with Crippen LogP contribution >= 0.6 is 0 Å². The van der Waals surface area contributed by atoms with Crippen molar-refractivity contribution in [2.24, 2.45) is 0 Å². The maximum absolute atomic E-state index is 13.2. The van der Waals surface area contributed by atoms with Gasteiger partial charge >= 0.3 is 0 Å². The third-order valence-corrected chi connectivity index (χ3v) is 5.23. The Morgan fingerprint density at radius 2 is 1.81 bits per heavy atom. The number of rotatable bonds is 6. The van der Waals surface area contributed by atoms with Crippen molar-refractivity contribution in [3.05, 3.63) is 65.5 Å². The van der Waals surface area contributed by atoms with Crippen LogP contribution in [0.4, 0.5) is 0 Å². The van der Waals surface area contributed by atoms with Crippen LogP contribution in [0.15, 0.2) is 48.8 Å². The number of pyridine rings is 1. The largest absolute Gasteiger partial charge is 0.344 e. The molecule has 0 saturated heterocycles. The normalized spacial score (nSPS) is 17.0. The molecule has 168 valence electrons. The molecule has 9 nitrogen and oxygen atoms in total. The van der Waals surface area contributed by atoms with E-state index in [-0.39, 0.29) is 24.3 Å². The first-order chi connectivity index (χ1) is 15.2. The van der Waals surface area contributed by atoms with Crippen LogP contribution in [0.2, 0.25) is 0 Å². The molecule has 0 fully saturated rings. The second-order valence-corrected chi connectivity index (χ2v) is 7.96. The molecule has 1 aliphatic heterocycles. The number of likely N-dealkylation sites (N-methyl/N-ethyl adjacent to an activating group) is 1. The minimum Gasteiger partial charge on any atom is -0.344 e. The fraction of sp³-hybridized carbons (Fsp3) is 0.348. The Balaban J connectivity index is 1.78. The number of aromatic nitrogens is 1. The molecule has 1 aromatic heterocycles. The molecule has 4 amide bonds. The van der Waals surface area contributed by atoms with Crippen LogP contribution in [-0.4, -0.2) is 57.8 Å². The summed E-state index contributed by atoms with van der Waals surface area (Å²) in [7, 11) is 1.50. The van der Waals surface area contributed by atoms with Crippen molar-refractivity contribution in [2.75, 3.05) is 7.05 Å². The summed E-state index contributed by atoms with van der Waals surface area (Å²) >= 11 is 0. The van der Waals surface area contributed by atoms with Gasteiger partial charge in [0.25, 0.3) is 11.8 Å². The molecular weight excluding hydrogens is 410 g/mol. The van der Waals surface area contributed by atoms with Crippen molar-refractivity contribution in [2.45, 2.75) is 45.3 Å². The second kappa shape index (κ2) is 9.59. The van der Waals surface area contributed by atoms with Gasteiger partial charge in [0.1, 0.15) is 12.1 Å². The minimum atomic E-state index is -1.06. The summed E-state index contributed by atoms with van der Waals surface area (Å²) in [4.78, 5) is 55.4. The van der Waals surface area contributed by atoms with E-state index in [1.807, 2.05) is 13.8 Å². The molecule has 0 radical (unpaired) electrons. The molecule has 2 atom stereocenters. The number of benzene rings is 1. The summed E-state index contributed by atoms with van der Waals surface area (Å²) in [6, 6.07) is 8.01. The Morgan fingerprint density at radius 1 is 1.09 bits per heavy atom. The van der Waals surface area contributed by atoms with Gasteiger partial charge in [-0.25, -0.2) is 5.01 Å². The molecule has 2 aromatic rings. The Bertz CT molecular complexity index is 1020. The number of hydrogen-bond donors (Lipinski definition) is 2. The number of hydrogen-bond acceptors (Lipinski definition) is 5. The van der Waals surface area contributed by atoms with Crippen molar-refractivity contribution < 1.29 is 19.2 Å². The zero-order valence-electron chi connectivity index (χ0n) is 18.5. The van der Waals surface area contributed by atoms with Crippen LogP contribution < -0.4 is 10.6 Å². The standard InChI is InChI=1S/C23H27N5O4/c1-14(2)28-22(31)18-10-6-5-9-17(18)20(23(32)27(28)4)26-21(30)15(3)25-19(29)12-16-8-7-11-24-13-16/h5-11,13-15,20H,12H2,1-4H3,(H,25,29)(H,26,30)/t15-,20?/m0/s1. The van der Waals surface area contributed by atoms with E-state index in [9.17, 15) is 19.2 Å². The van der Waals surface area contributed by atoms with E-state index >= 15 is 0 Å². The molecule has 0 aliphatic carbocycles. The molecule has 9 heteroatoms. The number of nitrogens with zero attached hydrogens (tertiary/aromatic N) is 3. The van der Waals surface area contributed by atoms with Crippen molar-refractivity contribution in [1.82, 2.24) is 25.6 Å². The Kier molecular flexibility index (Phi) is 6.87. The molecule has 0 bridgehead atoms. The highest BCUT2D eigenvalue weighted by Crippen LogP contribution is 2.27. The molecular formula is C23H27N5O4. The average molecular weight is 438 g/mol. The Hall–Kier alpha value is -3.75. The number of hydrazine groups is 1. The lowest BCUT2D eigenvalue weighted by atomic mass is 9.99. The number of carbonyl (C=O) groups excluding carboxylic acids is 4. The minimum absolute atomic E-state index is 0.0806. The molecule has 1 aromatic carbocycles. The zero-order valence-corrected chi connectivity index (χ0v) is 18.5. The summed E-state index contributed by atoms with van der Waals surface area (Å²) in [6.45, 7) is 5.16. The monoisotopic (exact) mass is 437 g/mol. The van der Waals surface area contributed by atoms with Gasteiger partial charge in [-0.3, -0.25) is 29.2 Å². The first-order valence-electron chi connectivity index (χ1n) is 10.4. The first-order valence-corrected chi connectivity index (χ1v) is 10.4. The van der Waals surface area contributed by atoms with Crippen molar-refractivity contribution in [3.63, 3.8) is 0 Å². The van der Waals surface area contributed by atoms with Crippen LogP contribution in [-0.2, 0) is 20.8 Å². The Labute approximate surface area is 186 Å². The molecule has 32 heavy (non-hydrogen) atoms. The summed E-state index contributed by atoms with van der Waals surface area (Å²) in [6.07, 6.45) is 3.28. The maximum atomic E-state index is 13.2. The van der Waals surface area contributed by atoms with E-state index in [2.05, 4.69) is 15.6 Å². The summed E-state index contributed by atoms with van der Waals surface area (Å²) < 4.78 is 0. The summed E-state index contributed by atoms with van der Waals surface area (Å²) in [5.74, 6) is -1.64. The van der Waals surface area contributed by atoms with Crippen LogP contribution in [0.3, 0.4) is 0 Å². The summed E-state index contributed by atoms with van der Waals surface area (Å²) in [5.41, 5.74) is 1.48. The zero-order chi connectivity index (χ0) is 23.4. The van der Waals surface area contributed by atoms with E-state index in [0.717, 1.165) is 5.56 Å². The fourth-order valence-corrected chi connectivity index (χ4v) is 3.66. The van der Waals surface area contributed by atoms with Gasteiger partial charge in [-0.2, -0.15) is 0 Å². The number of amides is 4. The van der Waals surface area contributed by atoms with E-state index in [1.165, 1.54) is 17.1 Å². The van der Waals surface area contributed by atoms with Crippen molar-refractivity contribution in [1.29, 1.82) is 0 Å². The number of nitrogens with one attached hydrogen (secondary N) is 2. The van der Waals surface area contributed by atoms with Gasteiger partial charge in [-0.05, 0) is 44.0 Å². The molecule has 2 N–H and O–H groups in total. The van der Waals surface area contributed by atoms with Crippen molar-refractivity contribution in [3.8, 4) is 0 Å². The molecule has 3 rings (SSSR count). The smallest absolute Gasteiger partial charge is 0.273 e. The third-order valence-electron chi connectivity index (χ3n) is 5.23. The lowest BCUT2D eigenvalue weighted by Gasteiger charge is -2.34. The Morgan fingerprint density at radius 3 is 2.47 bits per heavy atom. The maximum Gasteiger partial charge on any atom is 0.273 e. The van der Waals surface area contributed by atoms with Gasteiger partial charge in [0.15, 0.2) is 0 Å². The number of fused-ring (bicyclic) bond motifs is 1. The molecule has 1 unspecified atom stereocenters. The lowest BCUT2D eigenvalue weighted by Crippen LogP contribution is -2.53. The van der Waals surface area contributed by atoms with Gasteiger partial charge in [0.05, 0.1) is 6.42 Å². The highest BCUT2D eigenvalue weighted by atomic mass is 16.2. The van der Waals surface area contributed by atoms with Crippen LogP contribution in [0.5, 0.6) is 0 Å². The van der Waals surface area contributed by atoms with Gasteiger partial charge < -0.3 is 10.6 Å². The van der Waals surface area contributed by atoms with E-state index in [1.54, 1.807) is 55.7 Å². The van der Waals surface area contributed by atoms with Crippen LogP contribution in [0.25, 0.3) is 0 Å². The molecule has 0 saturated carbocycles. The fourth-order valence-electron chi connectivity index (χ4n) is 3.66. The van der Waals surface area contributed by atoms with Crippen LogP contribution in [0.1, 0.15) is 48.3 Å². The third kappa shape index (κ3) is 4.77. The SMILES string of the molecule is CC(C)N1C(=O)c2ccccc2C(NC(=O)[C@H](C)NC(=O)Cc2cccnc2)C(=O)N1C. The van der Waals surface area contributed by atoms with E-state index < -0.39 is 23.9 Å². The van der Waals surface area contributed by atoms with Gasteiger partial charge in [0, 0.05) is 31.0 Å². The lowest BCUT2D eigenvalue weighted by molar-refractivity contribution is -0.147. The molecule has 2 heterocycles. The van der Waals surface area contributed by atoms with E-state index in [0.29, 0.717) is 11.1 Å². The highest BCUT2D eigenvalue weighted by molar-refractivity contribution is 6.02. The van der Waals surface area contributed by atoms with E-state index in [4.69, 9.17) is 0 Å². The van der Waals surface area contributed by atoms with Crippen LogP contribution in [0, 0.1) is 0 Å². The average Bonchev–Trinajstić information content (AvgIpc) is 2.83. The first kappa shape index (κ1) is 22.9. The molecule has 1 aliphatic rings. The van der Waals surface area contributed by atoms with Gasteiger partial charge in [0.2, 0.25) is 11.8 Å². The highest BCUT2D eigenvalue weighted by Gasteiger charge is 2.39. The molecule has 0 spiro atoms.